The molecule has 2 heterocycles. The lowest BCUT2D eigenvalue weighted by atomic mass is 9.98. The van der Waals surface area contributed by atoms with E-state index in [9.17, 15) is 9.18 Å². The van der Waals surface area contributed by atoms with Gasteiger partial charge in [0.15, 0.2) is 0 Å². The normalized spacial score (nSPS) is 18.8. The van der Waals surface area contributed by atoms with Crippen LogP contribution in [0.25, 0.3) is 0 Å². The summed E-state index contributed by atoms with van der Waals surface area (Å²) in [6, 6.07) is 5.60. The first-order valence-electron chi connectivity index (χ1n) is 8.40. The van der Waals surface area contributed by atoms with Gasteiger partial charge in [-0.2, -0.15) is 5.10 Å². The predicted molar refractivity (Wildman–Crippen MR) is 93.1 cm³/mol. The summed E-state index contributed by atoms with van der Waals surface area (Å²) in [5, 5.41) is 4.63. The van der Waals surface area contributed by atoms with E-state index in [1.165, 1.54) is 18.3 Å². The van der Waals surface area contributed by atoms with E-state index in [1.54, 1.807) is 23.0 Å². The first kappa shape index (κ1) is 17.7. The molecule has 2 atom stereocenters. The van der Waals surface area contributed by atoms with E-state index in [2.05, 4.69) is 5.10 Å². The lowest BCUT2D eigenvalue weighted by Gasteiger charge is -2.34. The lowest BCUT2D eigenvalue weighted by Crippen LogP contribution is -2.44. The number of benzene rings is 1. The molecular weight excluding hydrogens is 345 g/mol. The van der Waals surface area contributed by atoms with E-state index < -0.39 is 0 Å². The summed E-state index contributed by atoms with van der Waals surface area (Å²) in [4.78, 5) is 14.6. The molecule has 7 heteroatoms. The average molecular weight is 366 g/mol. The van der Waals surface area contributed by atoms with Gasteiger partial charge in [-0.1, -0.05) is 11.6 Å². The fourth-order valence-electron chi connectivity index (χ4n) is 3.05. The van der Waals surface area contributed by atoms with Gasteiger partial charge in [0.25, 0.3) is 0 Å². The minimum Gasteiger partial charge on any atom is -0.493 e. The molecule has 1 fully saturated rings. The number of halogens is 2. The zero-order chi connectivity index (χ0) is 17.8. The first-order chi connectivity index (χ1) is 12.0. The van der Waals surface area contributed by atoms with Gasteiger partial charge >= 0.3 is 0 Å². The minimum absolute atomic E-state index is 0.0336. The molecule has 0 radical (unpaired) electrons. The maximum Gasteiger partial charge on any atom is 0.247 e. The molecule has 5 nitrogen and oxygen atoms in total. The van der Waals surface area contributed by atoms with Gasteiger partial charge in [-0.3, -0.25) is 9.48 Å². The Kier molecular flexibility index (Phi) is 5.58. The largest absolute Gasteiger partial charge is 0.493 e. The van der Waals surface area contributed by atoms with Gasteiger partial charge in [0, 0.05) is 25.2 Å². The second-order valence-electron chi connectivity index (χ2n) is 6.37. The third-order valence-corrected chi connectivity index (χ3v) is 4.65. The second-order valence-corrected chi connectivity index (χ2v) is 6.81. The summed E-state index contributed by atoms with van der Waals surface area (Å²) in [6.07, 6.45) is 5.13. The fraction of sp³-hybridized carbons (Fsp3) is 0.444. The van der Waals surface area contributed by atoms with E-state index in [-0.39, 0.29) is 23.7 Å². The van der Waals surface area contributed by atoms with Gasteiger partial charge in [-0.05, 0) is 44.0 Å². The van der Waals surface area contributed by atoms with Crippen LogP contribution in [-0.4, -0.2) is 40.3 Å². The number of hydrogen-bond acceptors (Lipinski definition) is 3. The van der Waals surface area contributed by atoms with Gasteiger partial charge in [-0.15, -0.1) is 0 Å². The molecule has 1 aliphatic rings. The van der Waals surface area contributed by atoms with Crippen LogP contribution in [0.1, 0.15) is 25.8 Å². The van der Waals surface area contributed by atoms with E-state index in [0.717, 1.165) is 19.4 Å². The van der Waals surface area contributed by atoms with Crippen molar-refractivity contribution in [3.8, 4) is 5.75 Å². The number of carbonyl (C=O) groups is 1. The Morgan fingerprint density at radius 1 is 1.44 bits per heavy atom. The van der Waals surface area contributed by atoms with Crippen molar-refractivity contribution in [2.24, 2.45) is 5.92 Å². The predicted octanol–water partition coefficient (Wildman–Crippen LogP) is 3.55. The summed E-state index contributed by atoms with van der Waals surface area (Å²) >= 11 is 5.88. The third-order valence-electron chi connectivity index (χ3n) is 4.45. The molecule has 0 unspecified atom stereocenters. The number of hydrogen-bond donors (Lipinski definition) is 0. The van der Waals surface area contributed by atoms with E-state index in [1.807, 2.05) is 11.8 Å². The Labute approximate surface area is 151 Å². The van der Waals surface area contributed by atoms with Gasteiger partial charge in [-0.25, -0.2) is 4.39 Å². The maximum absolute atomic E-state index is 12.9. The lowest BCUT2D eigenvalue weighted by molar-refractivity contribution is -0.136. The monoisotopic (exact) mass is 365 g/mol. The van der Waals surface area contributed by atoms with Crippen molar-refractivity contribution in [2.75, 3.05) is 19.7 Å². The molecule has 1 amide bonds. The van der Waals surface area contributed by atoms with Crippen LogP contribution in [0.5, 0.6) is 5.75 Å². The Morgan fingerprint density at radius 3 is 2.88 bits per heavy atom. The Hall–Kier alpha value is -2.08. The Balaban J connectivity index is 1.55. The number of amides is 1. The molecule has 0 bridgehead atoms. The smallest absolute Gasteiger partial charge is 0.247 e. The fourth-order valence-corrected chi connectivity index (χ4v) is 3.19. The molecule has 1 saturated heterocycles. The number of carbonyl (C=O) groups excluding carboxylic acids is 1. The highest BCUT2D eigenvalue weighted by molar-refractivity contribution is 6.30. The van der Waals surface area contributed by atoms with Gasteiger partial charge in [0.2, 0.25) is 5.91 Å². The highest BCUT2D eigenvalue weighted by Gasteiger charge is 2.28. The zero-order valence-electron chi connectivity index (χ0n) is 14.1. The van der Waals surface area contributed by atoms with Crippen molar-refractivity contribution in [1.29, 1.82) is 0 Å². The van der Waals surface area contributed by atoms with Crippen LogP contribution in [-0.2, 0) is 4.79 Å². The van der Waals surface area contributed by atoms with Crippen molar-refractivity contribution in [3.05, 3.63) is 47.5 Å². The molecule has 1 aliphatic heterocycles. The SMILES string of the molecule is C[C@H](C(=O)N1CCC[C@H](COc2ccc(F)cc2)C1)n1cc(Cl)cn1. The van der Waals surface area contributed by atoms with E-state index in [4.69, 9.17) is 16.3 Å². The summed E-state index contributed by atoms with van der Waals surface area (Å²) < 4.78 is 20.2. The molecular formula is C18H21ClFN3O2. The van der Waals surface area contributed by atoms with E-state index >= 15 is 0 Å². The van der Waals surface area contributed by atoms with Crippen LogP contribution in [0.4, 0.5) is 4.39 Å². The number of rotatable bonds is 5. The molecule has 0 saturated carbocycles. The highest BCUT2D eigenvalue weighted by atomic mass is 35.5. The molecule has 3 rings (SSSR count). The number of ether oxygens (including phenoxy) is 1. The second kappa shape index (κ2) is 7.87. The van der Waals surface area contributed by atoms with Crippen molar-refractivity contribution in [2.45, 2.75) is 25.8 Å². The molecule has 0 aliphatic carbocycles. The van der Waals surface area contributed by atoms with E-state index in [0.29, 0.717) is 23.9 Å². The van der Waals surface area contributed by atoms with Crippen LogP contribution in [0.15, 0.2) is 36.7 Å². The van der Waals surface area contributed by atoms with Crippen LogP contribution in [0.3, 0.4) is 0 Å². The van der Waals surface area contributed by atoms with Gasteiger partial charge < -0.3 is 9.64 Å². The maximum atomic E-state index is 12.9. The van der Waals surface area contributed by atoms with Crippen LogP contribution < -0.4 is 4.74 Å². The Morgan fingerprint density at radius 2 is 2.20 bits per heavy atom. The summed E-state index contributed by atoms with van der Waals surface area (Å²) in [5.74, 6) is 0.654. The number of piperidine rings is 1. The molecule has 0 spiro atoms. The molecule has 2 aromatic rings. The number of nitrogens with zero attached hydrogens (tertiary/aromatic N) is 3. The minimum atomic E-state index is -0.385. The van der Waals surface area contributed by atoms with Gasteiger partial charge in [0.05, 0.1) is 17.8 Å². The van der Waals surface area contributed by atoms with Crippen LogP contribution in [0.2, 0.25) is 5.02 Å². The standard InChI is InChI=1S/C18H21ClFN3O2/c1-13(23-11-15(19)9-21-23)18(24)22-8-2-3-14(10-22)12-25-17-6-4-16(20)5-7-17/h4-7,9,11,13-14H,2-3,8,10,12H2,1H3/t13-,14+/m1/s1. The van der Waals surface area contributed by atoms with Gasteiger partial charge in [0.1, 0.15) is 17.6 Å². The molecule has 1 aromatic heterocycles. The third kappa shape index (κ3) is 4.51. The summed E-state index contributed by atoms with van der Waals surface area (Å²) in [7, 11) is 0. The van der Waals surface area contributed by atoms with Crippen molar-refractivity contribution in [3.63, 3.8) is 0 Å². The molecule has 0 N–H and O–H groups in total. The molecule has 25 heavy (non-hydrogen) atoms. The average Bonchev–Trinajstić information content (AvgIpc) is 3.06. The topological polar surface area (TPSA) is 47.4 Å². The summed E-state index contributed by atoms with van der Waals surface area (Å²) in [5.41, 5.74) is 0. The van der Waals surface area contributed by atoms with Crippen LogP contribution >= 0.6 is 11.6 Å². The zero-order valence-corrected chi connectivity index (χ0v) is 14.8. The van der Waals surface area contributed by atoms with Crippen LogP contribution in [0, 0.1) is 11.7 Å². The first-order valence-corrected chi connectivity index (χ1v) is 8.77. The number of aromatic nitrogens is 2. The quantitative estimate of drug-likeness (QED) is 0.814. The van der Waals surface area contributed by atoms with Crippen molar-refractivity contribution < 1.29 is 13.9 Å². The van der Waals surface area contributed by atoms with Crippen molar-refractivity contribution >= 4 is 17.5 Å². The number of likely N-dealkylation sites (tertiary alicyclic amines) is 1. The highest BCUT2D eigenvalue weighted by Crippen LogP contribution is 2.22. The van der Waals surface area contributed by atoms with Crippen molar-refractivity contribution in [1.82, 2.24) is 14.7 Å². The molecule has 1 aromatic carbocycles. The summed E-state index contributed by atoms with van der Waals surface area (Å²) in [6.45, 7) is 3.73. The molecule has 134 valence electrons. The Bertz CT molecular complexity index is 719.